The fourth-order valence-corrected chi connectivity index (χ4v) is 3.16. The lowest BCUT2D eigenvalue weighted by Crippen LogP contribution is -2.44. The first-order valence-electron chi connectivity index (χ1n) is 8.17. The van der Waals surface area contributed by atoms with Gasteiger partial charge in [0.25, 0.3) is 5.56 Å². The van der Waals surface area contributed by atoms with Crippen LogP contribution >= 0.6 is 0 Å². The molecule has 1 aromatic carbocycles. The van der Waals surface area contributed by atoms with Gasteiger partial charge in [-0.05, 0) is 12.5 Å². The van der Waals surface area contributed by atoms with Gasteiger partial charge in [-0.25, -0.2) is 9.18 Å². The zero-order chi connectivity index (χ0) is 18.2. The van der Waals surface area contributed by atoms with Crippen molar-refractivity contribution in [3.8, 4) is 0 Å². The first kappa shape index (κ1) is 17.6. The van der Waals surface area contributed by atoms with E-state index in [1.54, 1.807) is 19.1 Å². The molecule has 0 bridgehead atoms. The Balaban J connectivity index is 2.03. The summed E-state index contributed by atoms with van der Waals surface area (Å²) in [6.45, 7) is 2.73. The van der Waals surface area contributed by atoms with Crippen LogP contribution in [0.25, 0.3) is 0 Å². The Morgan fingerprint density at radius 2 is 1.92 bits per heavy atom. The van der Waals surface area contributed by atoms with Crippen molar-refractivity contribution in [2.75, 3.05) is 6.61 Å². The monoisotopic (exact) mass is 348 g/mol. The van der Waals surface area contributed by atoms with E-state index in [1.807, 2.05) is 18.2 Å². The van der Waals surface area contributed by atoms with Gasteiger partial charge in [0.1, 0.15) is 0 Å². The average Bonchev–Trinajstić information content (AvgIpc) is 2.83. The van der Waals surface area contributed by atoms with Gasteiger partial charge in [0.05, 0.1) is 19.3 Å². The molecule has 1 saturated heterocycles. The molecule has 7 heteroatoms. The molecule has 0 unspecified atom stereocenters. The number of rotatable bonds is 4. The average molecular weight is 348 g/mol. The topological polar surface area (TPSA) is 73.5 Å². The summed E-state index contributed by atoms with van der Waals surface area (Å²) >= 11 is 0. The van der Waals surface area contributed by atoms with Gasteiger partial charge in [-0.2, -0.15) is 0 Å². The summed E-state index contributed by atoms with van der Waals surface area (Å²) < 4.78 is 22.9. The van der Waals surface area contributed by atoms with Crippen molar-refractivity contribution in [3.05, 3.63) is 69.0 Å². The molecule has 0 saturated carbocycles. The van der Waals surface area contributed by atoms with Crippen LogP contribution in [0.2, 0.25) is 0 Å². The van der Waals surface area contributed by atoms with Gasteiger partial charge in [-0.15, -0.1) is 0 Å². The van der Waals surface area contributed by atoms with E-state index in [1.165, 1.54) is 19.2 Å². The molecular weight excluding hydrogens is 327 g/mol. The van der Waals surface area contributed by atoms with E-state index in [0.29, 0.717) is 0 Å². The van der Waals surface area contributed by atoms with Crippen molar-refractivity contribution in [3.63, 3.8) is 0 Å². The van der Waals surface area contributed by atoms with Crippen LogP contribution in [0.5, 0.6) is 0 Å². The van der Waals surface area contributed by atoms with E-state index in [0.717, 1.165) is 14.7 Å². The smallest absolute Gasteiger partial charge is 0.333 e. The van der Waals surface area contributed by atoms with E-state index in [9.17, 15) is 14.7 Å². The van der Waals surface area contributed by atoms with Crippen LogP contribution in [0.3, 0.4) is 0 Å². The van der Waals surface area contributed by atoms with Crippen LogP contribution in [0.15, 0.2) is 52.2 Å². The number of nitrogens with zero attached hydrogens (tertiary/aromatic N) is 2. The summed E-state index contributed by atoms with van der Waals surface area (Å²) in [6.07, 6.45) is -0.655. The Morgan fingerprint density at radius 3 is 2.52 bits per heavy atom. The third-order valence-corrected chi connectivity index (χ3v) is 4.95. The predicted molar refractivity (Wildman–Crippen MR) is 90.2 cm³/mol. The van der Waals surface area contributed by atoms with Crippen LogP contribution in [-0.4, -0.2) is 32.6 Å². The Kier molecular flexibility index (Phi) is 4.62. The summed E-state index contributed by atoms with van der Waals surface area (Å²) in [6, 6.07) is 10.3. The fourth-order valence-electron chi connectivity index (χ4n) is 3.16. The molecule has 25 heavy (non-hydrogen) atoms. The molecule has 1 aromatic heterocycles. The maximum atomic E-state index is 15.1. The highest BCUT2D eigenvalue weighted by molar-refractivity contribution is 5.15. The number of benzene rings is 1. The van der Waals surface area contributed by atoms with Gasteiger partial charge >= 0.3 is 5.69 Å². The lowest BCUT2D eigenvalue weighted by atomic mass is 9.90. The number of hydrogen-bond donors (Lipinski definition) is 1. The molecular formula is C18H21FN2O4. The summed E-state index contributed by atoms with van der Waals surface area (Å²) in [4.78, 5) is 24.9. The Hall–Kier alpha value is -2.25. The van der Waals surface area contributed by atoms with Crippen molar-refractivity contribution in [2.45, 2.75) is 38.4 Å². The number of hydrogen-bond acceptors (Lipinski definition) is 4. The maximum Gasteiger partial charge on any atom is 0.333 e. The van der Waals surface area contributed by atoms with Crippen LogP contribution in [-0.2, 0) is 11.3 Å². The number of aliphatic hydroxyl groups excluding tert-OH is 1. The van der Waals surface area contributed by atoms with Gasteiger partial charge in [-0.3, -0.25) is 13.9 Å². The fraction of sp³-hybridized carbons (Fsp3) is 0.444. The highest BCUT2D eigenvalue weighted by Gasteiger charge is 2.53. The zero-order valence-electron chi connectivity index (χ0n) is 14.1. The highest BCUT2D eigenvalue weighted by Crippen LogP contribution is 2.44. The number of aliphatic hydroxyl groups is 1. The molecule has 2 heterocycles. The highest BCUT2D eigenvalue weighted by atomic mass is 19.1. The van der Waals surface area contributed by atoms with Gasteiger partial charge in [0.2, 0.25) is 0 Å². The van der Waals surface area contributed by atoms with Crippen molar-refractivity contribution in [1.29, 1.82) is 0 Å². The Labute approximate surface area is 144 Å². The Morgan fingerprint density at radius 1 is 1.24 bits per heavy atom. The molecule has 1 N–H and O–H groups in total. The minimum atomic E-state index is -1.85. The largest absolute Gasteiger partial charge is 0.394 e. The molecule has 3 rings (SSSR count). The quantitative estimate of drug-likeness (QED) is 0.904. The maximum absolute atomic E-state index is 15.1. The van der Waals surface area contributed by atoms with Gasteiger partial charge in [0.15, 0.2) is 11.9 Å². The van der Waals surface area contributed by atoms with Crippen LogP contribution in [0.1, 0.15) is 25.6 Å². The molecule has 1 aliphatic heterocycles. The van der Waals surface area contributed by atoms with Crippen molar-refractivity contribution >= 4 is 0 Å². The number of alkyl halides is 1. The van der Waals surface area contributed by atoms with E-state index in [2.05, 4.69) is 0 Å². The zero-order valence-corrected chi connectivity index (χ0v) is 14.1. The second-order valence-corrected chi connectivity index (χ2v) is 6.56. The van der Waals surface area contributed by atoms with Gasteiger partial charge in [0, 0.05) is 18.2 Å². The van der Waals surface area contributed by atoms with E-state index < -0.39 is 35.2 Å². The first-order chi connectivity index (χ1) is 11.9. The molecule has 6 nitrogen and oxygen atoms in total. The lowest BCUT2D eigenvalue weighted by Gasteiger charge is -2.26. The summed E-state index contributed by atoms with van der Waals surface area (Å²) in [5.74, 6) is -0.594. The van der Waals surface area contributed by atoms with Crippen molar-refractivity contribution < 1.29 is 14.2 Å². The van der Waals surface area contributed by atoms with Crippen LogP contribution in [0, 0.1) is 5.92 Å². The molecule has 134 valence electrons. The lowest BCUT2D eigenvalue weighted by molar-refractivity contribution is -0.0617. The van der Waals surface area contributed by atoms with E-state index >= 15 is 4.39 Å². The van der Waals surface area contributed by atoms with Crippen molar-refractivity contribution in [2.24, 2.45) is 5.92 Å². The van der Waals surface area contributed by atoms with Crippen LogP contribution < -0.4 is 11.2 Å². The van der Waals surface area contributed by atoms with Crippen molar-refractivity contribution in [1.82, 2.24) is 9.13 Å². The SMILES string of the molecule is C[C@@H]1[C@@H](CO)O[C@@H](n2ccc(=O)n(Cc3ccccc3)c2=O)[C@]1(C)F. The third-order valence-electron chi connectivity index (χ3n) is 4.95. The molecule has 0 spiro atoms. The number of aromatic nitrogens is 2. The second-order valence-electron chi connectivity index (χ2n) is 6.56. The third kappa shape index (κ3) is 3.05. The predicted octanol–water partition coefficient (Wildman–Crippen LogP) is 1.31. The number of ether oxygens (including phenoxy) is 1. The normalized spacial score (nSPS) is 29.0. The Bertz CT molecular complexity index is 859. The summed E-state index contributed by atoms with van der Waals surface area (Å²) in [5.41, 5.74) is -2.17. The van der Waals surface area contributed by atoms with Gasteiger partial charge < -0.3 is 9.84 Å². The standard InChI is InChI=1S/C18H21FN2O4/c1-12-14(11-22)25-16(18(12,2)19)20-9-8-15(23)21(17(20)24)10-13-6-4-3-5-7-13/h3-9,12,14,16,22H,10-11H2,1-2H3/t12-,14-,16-,18-/m1/s1. The minimum Gasteiger partial charge on any atom is -0.394 e. The first-order valence-corrected chi connectivity index (χ1v) is 8.17. The van der Waals surface area contributed by atoms with Crippen LogP contribution in [0.4, 0.5) is 4.39 Å². The molecule has 1 fully saturated rings. The number of halogens is 1. The second kappa shape index (κ2) is 6.57. The molecule has 0 radical (unpaired) electrons. The molecule has 4 atom stereocenters. The molecule has 1 aliphatic rings. The summed E-state index contributed by atoms with van der Waals surface area (Å²) in [7, 11) is 0. The molecule has 0 amide bonds. The minimum absolute atomic E-state index is 0.0913. The molecule has 0 aliphatic carbocycles. The molecule has 2 aromatic rings. The van der Waals surface area contributed by atoms with E-state index in [-0.39, 0.29) is 13.2 Å². The summed E-state index contributed by atoms with van der Waals surface area (Å²) in [5, 5.41) is 9.36. The van der Waals surface area contributed by atoms with E-state index in [4.69, 9.17) is 4.74 Å². The van der Waals surface area contributed by atoms with Gasteiger partial charge in [-0.1, -0.05) is 37.3 Å².